The second kappa shape index (κ2) is 5.83. The molecule has 1 aliphatic carbocycles. The van der Waals surface area contributed by atoms with Gasteiger partial charge in [-0.25, -0.2) is 0 Å². The van der Waals surface area contributed by atoms with Crippen molar-refractivity contribution in [1.82, 2.24) is 5.32 Å². The Labute approximate surface area is 92.7 Å². The van der Waals surface area contributed by atoms with Gasteiger partial charge in [0.15, 0.2) is 0 Å². The molecule has 2 rings (SSSR count). The zero-order valence-corrected chi connectivity index (χ0v) is 9.58. The Morgan fingerprint density at radius 3 is 2.87 bits per heavy atom. The highest BCUT2D eigenvalue weighted by atomic mass is 16.5. The third-order valence-corrected chi connectivity index (χ3v) is 3.66. The van der Waals surface area contributed by atoms with Crippen LogP contribution in [0.4, 0.5) is 0 Å². The van der Waals surface area contributed by atoms with Crippen molar-refractivity contribution in [3.8, 4) is 0 Å². The second-order valence-electron chi connectivity index (χ2n) is 5.12. The summed E-state index contributed by atoms with van der Waals surface area (Å²) in [6.07, 6.45) is 7.53. The number of hydrogen-bond donors (Lipinski definition) is 2. The van der Waals surface area contributed by atoms with Gasteiger partial charge in [0.2, 0.25) is 0 Å². The van der Waals surface area contributed by atoms with E-state index in [1.807, 2.05) is 0 Å². The van der Waals surface area contributed by atoms with Crippen molar-refractivity contribution in [2.45, 2.75) is 50.6 Å². The van der Waals surface area contributed by atoms with Crippen LogP contribution in [0.1, 0.15) is 38.5 Å². The molecule has 3 atom stereocenters. The maximum Gasteiger partial charge on any atom is 0.0506 e. The highest BCUT2D eigenvalue weighted by Crippen LogP contribution is 2.18. The lowest BCUT2D eigenvalue weighted by atomic mass is 9.91. The summed E-state index contributed by atoms with van der Waals surface area (Å²) in [5, 5.41) is 3.66. The molecule has 0 aromatic rings. The Balaban J connectivity index is 1.63. The van der Waals surface area contributed by atoms with Crippen LogP contribution in [-0.4, -0.2) is 31.8 Å². The topological polar surface area (TPSA) is 47.3 Å². The first-order chi connectivity index (χ1) is 7.34. The Morgan fingerprint density at radius 1 is 1.20 bits per heavy atom. The summed E-state index contributed by atoms with van der Waals surface area (Å²) >= 11 is 0. The summed E-state index contributed by atoms with van der Waals surface area (Å²) in [5.41, 5.74) is 5.97. The first-order valence-electron chi connectivity index (χ1n) is 6.41. The number of ether oxygens (including phenoxy) is 1. The van der Waals surface area contributed by atoms with E-state index < -0.39 is 0 Å². The lowest BCUT2D eigenvalue weighted by Crippen LogP contribution is -2.42. The molecule has 1 saturated heterocycles. The maximum atomic E-state index is 5.97. The van der Waals surface area contributed by atoms with E-state index in [0.29, 0.717) is 12.1 Å². The molecule has 15 heavy (non-hydrogen) atoms. The van der Waals surface area contributed by atoms with Crippen molar-refractivity contribution in [1.29, 1.82) is 0 Å². The average Bonchev–Trinajstić information content (AvgIpc) is 2.28. The molecule has 2 fully saturated rings. The lowest BCUT2D eigenvalue weighted by molar-refractivity contribution is 0.0531. The molecule has 0 radical (unpaired) electrons. The van der Waals surface area contributed by atoms with Crippen molar-refractivity contribution in [2.75, 3.05) is 19.8 Å². The minimum Gasteiger partial charge on any atom is -0.381 e. The van der Waals surface area contributed by atoms with Crippen molar-refractivity contribution in [2.24, 2.45) is 11.7 Å². The van der Waals surface area contributed by atoms with Crippen molar-refractivity contribution < 1.29 is 4.74 Å². The molecule has 3 N–H and O–H groups in total. The predicted octanol–water partition coefficient (Wildman–Crippen LogP) is 1.27. The summed E-state index contributed by atoms with van der Waals surface area (Å²) in [5.74, 6) is 0.733. The first kappa shape index (κ1) is 11.4. The van der Waals surface area contributed by atoms with Gasteiger partial charge in [0.1, 0.15) is 0 Å². The van der Waals surface area contributed by atoms with Gasteiger partial charge in [0.05, 0.1) is 6.61 Å². The van der Waals surface area contributed by atoms with E-state index in [4.69, 9.17) is 10.5 Å². The Kier molecular flexibility index (Phi) is 4.42. The van der Waals surface area contributed by atoms with Crippen LogP contribution in [-0.2, 0) is 4.74 Å². The van der Waals surface area contributed by atoms with Gasteiger partial charge in [-0.05, 0) is 38.0 Å². The zero-order chi connectivity index (χ0) is 10.5. The van der Waals surface area contributed by atoms with Crippen LogP contribution < -0.4 is 11.1 Å². The molecule has 88 valence electrons. The fourth-order valence-electron chi connectivity index (χ4n) is 2.71. The third kappa shape index (κ3) is 3.74. The molecule has 0 aromatic carbocycles. The fraction of sp³-hybridized carbons (Fsp3) is 1.00. The molecule has 0 amide bonds. The molecule has 0 spiro atoms. The number of nitrogens with two attached hydrogens (primary N) is 1. The van der Waals surface area contributed by atoms with Gasteiger partial charge >= 0.3 is 0 Å². The molecule has 1 heterocycles. The molecule has 3 heteroatoms. The van der Waals surface area contributed by atoms with Gasteiger partial charge in [-0.3, -0.25) is 0 Å². The van der Waals surface area contributed by atoms with E-state index in [9.17, 15) is 0 Å². The summed E-state index contributed by atoms with van der Waals surface area (Å²) in [6.45, 7) is 3.04. The number of rotatable bonds is 3. The molecule has 3 unspecified atom stereocenters. The van der Waals surface area contributed by atoms with Gasteiger partial charge in [0, 0.05) is 25.2 Å². The normalized spacial score (nSPS) is 37.8. The lowest BCUT2D eigenvalue weighted by Gasteiger charge is -2.30. The van der Waals surface area contributed by atoms with E-state index in [0.717, 1.165) is 32.1 Å². The van der Waals surface area contributed by atoms with Crippen molar-refractivity contribution in [3.63, 3.8) is 0 Å². The molecule has 3 nitrogen and oxygen atoms in total. The number of hydrogen-bond acceptors (Lipinski definition) is 3. The van der Waals surface area contributed by atoms with Gasteiger partial charge in [-0.2, -0.15) is 0 Å². The predicted molar refractivity (Wildman–Crippen MR) is 61.8 cm³/mol. The highest BCUT2D eigenvalue weighted by Gasteiger charge is 2.20. The molecule has 2 aliphatic rings. The quantitative estimate of drug-likeness (QED) is 0.740. The van der Waals surface area contributed by atoms with Gasteiger partial charge in [-0.15, -0.1) is 0 Å². The summed E-state index contributed by atoms with van der Waals surface area (Å²) in [6, 6.07) is 1.09. The molecular formula is C12H24N2O. The minimum atomic E-state index is 0.429. The van der Waals surface area contributed by atoms with E-state index >= 15 is 0 Å². The molecule has 1 saturated carbocycles. The third-order valence-electron chi connectivity index (χ3n) is 3.66. The maximum absolute atomic E-state index is 5.97. The fourth-order valence-corrected chi connectivity index (χ4v) is 2.71. The van der Waals surface area contributed by atoms with Gasteiger partial charge in [0.25, 0.3) is 0 Å². The monoisotopic (exact) mass is 212 g/mol. The van der Waals surface area contributed by atoms with E-state index in [-0.39, 0.29) is 0 Å². The minimum absolute atomic E-state index is 0.429. The van der Waals surface area contributed by atoms with Gasteiger partial charge in [-0.1, -0.05) is 6.42 Å². The standard InChI is InChI=1S/C12H24N2O/c13-11-4-1-5-12(7-11)14-8-10-3-2-6-15-9-10/h10-12,14H,1-9,13H2. The van der Waals surface area contributed by atoms with E-state index in [2.05, 4.69) is 5.32 Å². The Morgan fingerprint density at radius 2 is 2.13 bits per heavy atom. The average molecular weight is 212 g/mol. The summed E-state index contributed by atoms with van der Waals surface area (Å²) in [4.78, 5) is 0. The van der Waals surface area contributed by atoms with Crippen LogP contribution in [0.25, 0.3) is 0 Å². The molecule has 1 aliphatic heterocycles. The summed E-state index contributed by atoms with van der Waals surface area (Å²) < 4.78 is 5.48. The smallest absolute Gasteiger partial charge is 0.0506 e. The zero-order valence-electron chi connectivity index (χ0n) is 9.58. The van der Waals surface area contributed by atoms with Crippen molar-refractivity contribution in [3.05, 3.63) is 0 Å². The largest absolute Gasteiger partial charge is 0.381 e. The van der Waals surface area contributed by atoms with E-state index in [1.54, 1.807) is 0 Å². The SMILES string of the molecule is NC1CCCC(NCC2CCCOC2)C1. The molecular weight excluding hydrogens is 188 g/mol. The number of nitrogens with one attached hydrogen (secondary N) is 1. The Bertz CT molecular complexity index is 180. The van der Waals surface area contributed by atoms with Crippen LogP contribution in [0.3, 0.4) is 0 Å². The van der Waals surface area contributed by atoms with Crippen LogP contribution in [0.2, 0.25) is 0 Å². The first-order valence-corrected chi connectivity index (χ1v) is 6.41. The van der Waals surface area contributed by atoms with Crippen LogP contribution in [0, 0.1) is 5.92 Å². The van der Waals surface area contributed by atoms with Crippen LogP contribution in [0.15, 0.2) is 0 Å². The molecule has 0 bridgehead atoms. The Hall–Kier alpha value is -0.120. The van der Waals surface area contributed by atoms with Crippen LogP contribution in [0.5, 0.6) is 0 Å². The van der Waals surface area contributed by atoms with Crippen LogP contribution >= 0.6 is 0 Å². The molecule has 0 aromatic heterocycles. The van der Waals surface area contributed by atoms with Gasteiger partial charge < -0.3 is 15.8 Å². The summed E-state index contributed by atoms with van der Waals surface area (Å²) in [7, 11) is 0. The van der Waals surface area contributed by atoms with E-state index in [1.165, 1.54) is 32.1 Å². The van der Waals surface area contributed by atoms with Crippen molar-refractivity contribution >= 4 is 0 Å². The highest BCUT2D eigenvalue weighted by molar-refractivity contribution is 4.80. The second-order valence-corrected chi connectivity index (χ2v) is 5.12.